The SMILES string of the molecule is CC(=O)NCc1ccc(C(=O)NC(CC(C)C)c2cccc(C(F)(F)F)c2)s1. The number of rotatable bonds is 7. The summed E-state index contributed by atoms with van der Waals surface area (Å²) in [6, 6.07) is 7.92. The van der Waals surface area contributed by atoms with Gasteiger partial charge in [0.25, 0.3) is 5.91 Å². The van der Waals surface area contributed by atoms with Crippen LogP contribution in [0.4, 0.5) is 13.2 Å². The van der Waals surface area contributed by atoms with Crippen LogP contribution in [0.25, 0.3) is 0 Å². The predicted molar refractivity (Wildman–Crippen MR) is 103 cm³/mol. The number of carbonyl (C=O) groups is 2. The zero-order valence-corrected chi connectivity index (χ0v) is 16.7. The lowest BCUT2D eigenvalue weighted by Gasteiger charge is -2.22. The lowest BCUT2D eigenvalue weighted by molar-refractivity contribution is -0.137. The third-order valence-electron chi connectivity index (χ3n) is 4.03. The van der Waals surface area contributed by atoms with Crippen molar-refractivity contribution in [1.29, 1.82) is 0 Å². The maximum atomic E-state index is 13.0. The second kappa shape index (κ2) is 9.23. The van der Waals surface area contributed by atoms with Crippen molar-refractivity contribution in [2.45, 2.75) is 46.0 Å². The van der Waals surface area contributed by atoms with Gasteiger partial charge in [0.2, 0.25) is 5.91 Å². The monoisotopic (exact) mass is 412 g/mol. The highest BCUT2D eigenvalue weighted by molar-refractivity contribution is 7.14. The van der Waals surface area contributed by atoms with Crippen LogP contribution in [0.2, 0.25) is 0 Å². The van der Waals surface area contributed by atoms with Gasteiger partial charge in [-0.2, -0.15) is 13.2 Å². The van der Waals surface area contributed by atoms with Gasteiger partial charge in [-0.15, -0.1) is 11.3 Å². The molecule has 2 N–H and O–H groups in total. The molecule has 1 heterocycles. The molecule has 0 saturated heterocycles. The molecule has 0 aliphatic carbocycles. The average Bonchev–Trinajstić information content (AvgIpc) is 3.07. The van der Waals surface area contributed by atoms with Crippen LogP contribution >= 0.6 is 11.3 Å². The van der Waals surface area contributed by atoms with E-state index in [1.165, 1.54) is 24.3 Å². The summed E-state index contributed by atoms with van der Waals surface area (Å²) in [5.74, 6) is -0.332. The van der Waals surface area contributed by atoms with E-state index < -0.39 is 17.8 Å². The van der Waals surface area contributed by atoms with Gasteiger partial charge < -0.3 is 10.6 Å². The minimum Gasteiger partial charge on any atom is -0.351 e. The third kappa shape index (κ3) is 6.37. The van der Waals surface area contributed by atoms with Crippen molar-refractivity contribution in [2.75, 3.05) is 0 Å². The number of benzene rings is 1. The van der Waals surface area contributed by atoms with Gasteiger partial charge in [-0.05, 0) is 42.2 Å². The molecular formula is C20H23F3N2O2S. The fourth-order valence-electron chi connectivity index (χ4n) is 2.72. The number of carbonyl (C=O) groups excluding carboxylic acids is 2. The first-order valence-electron chi connectivity index (χ1n) is 8.87. The van der Waals surface area contributed by atoms with Gasteiger partial charge in [0, 0.05) is 11.8 Å². The number of halogens is 3. The highest BCUT2D eigenvalue weighted by Gasteiger charge is 2.31. The Morgan fingerprint density at radius 2 is 1.86 bits per heavy atom. The molecule has 0 spiro atoms. The second-order valence-corrected chi connectivity index (χ2v) is 8.12. The van der Waals surface area contributed by atoms with Gasteiger partial charge in [0.15, 0.2) is 0 Å². The first-order valence-corrected chi connectivity index (χ1v) is 9.69. The molecule has 1 aromatic carbocycles. The second-order valence-electron chi connectivity index (χ2n) is 6.95. The van der Waals surface area contributed by atoms with Gasteiger partial charge in [-0.1, -0.05) is 26.0 Å². The number of alkyl halides is 3. The lowest BCUT2D eigenvalue weighted by Crippen LogP contribution is -2.29. The number of hydrogen-bond donors (Lipinski definition) is 2. The molecule has 2 amide bonds. The van der Waals surface area contributed by atoms with Crippen molar-refractivity contribution in [1.82, 2.24) is 10.6 Å². The Bertz CT molecular complexity index is 831. The van der Waals surface area contributed by atoms with E-state index in [1.807, 2.05) is 13.8 Å². The van der Waals surface area contributed by atoms with E-state index >= 15 is 0 Å². The predicted octanol–water partition coefficient (Wildman–Crippen LogP) is 4.92. The normalized spacial score (nSPS) is 12.7. The van der Waals surface area contributed by atoms with Gasteiger partial charge >= 0.3 is 6.18 Å². The maximum Gasteiger partial charge on any atom is 0.416 e. The topological polar surface area (TPSA) is 58.2 Å². The molecular weight excluding hydrogens is 389 g/mol. The van der Waals surface area contributed by atoms with Crippen molar-refractivity contribution in [3.63, 3.8) is 0 Å². The van der Waals surface area contributed by atoms with Crippen molar-refractivity contribution < 1.29 is 22.8 Å². The minimum atomic E-state index is -4.44. The molecule has 2 rings (SSSR count). The summed E-state index contributed by atoms with van der Waals surface area (Å²) in [4.78, 5) is 24.9. The summed E-state index contributed by atoms with van der Waals surface area (Å²) in [6.07, 6.45) is -3.92. The maximum absolute atomic E-state index is 13.0. The standard InChI is InChI=1S/C20H23F3N2O2S/c1-12(2)9-17(14-5-4-6-15(10-14)20(21,22)23)25-19(27)18-8-7-16(28-18)11-24-13(3)26/h4-8,10,12,17H,9,11H2,1-3H3,(H,24,26)(H,25,27). The molecule has 4 nitrogen and oxygen atoms in total. The quantitative estimate of drug-likeness (QED) is 0.678. The van der Waals surface area contributed by atoms with Crippen LogP contribution in [-0.4, -0.2) is 11.8 Å². The summed E-state index contributed by atoms with van der Waals surface area (Å²) in [7, 11) is 0. The smallest absolute Gasteiger partial charge is 0.351 e. The molecule has 0 aliphatic rings. The zero-order chi connectivity index (χ0) is 20.9. The van der Waals surface area contributed by atoms with E-state index in [2.05, 4.69) is 10.6 Å². The van der Waals surface area contributed by atoms with Crippen LogP contribution in [0.5, 0.6) is 0 Å². The van der Waals surface area contributed by atoms with Crippen LogP contribution in [-0.2, 0) is 17.5 Å². The van der Waals surface area contributed by atoms with E-state index in [-0.39, 0.29) is 17.7 Å². The van der Waals surface area contributed by atoms with Crippen LogP contribution < -0.4 is 10.6 Å². The molecule has 8 heteroatoms. The zero-order valence-electron chi connectivity index (χ0n) is 15.9. The lowest BCUT2D eigenvalue weighted by atomic mass is 9.95. The van der Waals surface area contributed by atoms with Crippen LogP contribution in [0.3, 0.4) is 0 Å². The number of hydrogen-bond acceptors (Lipinski definition) is 3. The molecule has 28 heavy (non-hydrogen) atoms. The van der Waals surface area contributed by atoms with Crippen LogP contribution in [0.1, 0.15) is 58.9 Å². The van der Waals surface area contributed by atoms with Gasteiger partial charge in [0.05, 0.1) is 23.0 Å². The number of nitrogens with one attached hydrogen (secondary N) is 2. The Kier molecular flexibility index (Phi) is 7.23. The van der Waals surface area contributed by atoms with E-state index in [9.17, 15) is 22.8 Å². The molecule has 0 radical (unpaired) electrons. The van der Waals surface area contributed by atoms with Gasteiger partial charge in [0.1, 0.15) is 0 Å². The van der Waals surface area contributed by atoms with Gasteiger partial charge in [-0.25, -0.2) is 0 Å². The summed E-state index contributed by atoms with van der Waals surface area (Å²) in [5, 5.41) is 5.51. The van der Waals surface area contributed by atoms with E-state index in [4.69, 9.17) is 0 Å². The Hall–Kier alpha value is -2.35. The Morgan fingerprint density at radius 1 is 1.14 bits per heavy atom. The highest BCUT2D eigenvalue weighted by atomic mass is 32.1. The molecule has 0 bridgehead atoms. The molecule has 0 fully saturated rings. The summed E-state index contributed by atoms with van der Waals surface area (Å²) >= 11 is 1.24. The van der Waals surface area contributed by atoms with Crippen molar-refractivity contribution in [3.8, 4) is 0 Å². The van der Waals surface area contributed by atoms with Crippen molar-refractivity contribution >= 4 is 23.2 Å². The number of thiophene rings is 1. The molecule has 1 atom stereocenters. The van der Waals surface area contributed by atoms with Crippen LogP contribution in [0.15, 0.2) is 36.4 Å². The fraction of sp³-hybridized carbons (Fsp3) is 0.400. The van der Waals surface area contributed by atoms with E-state index in [1.54, 1.807) is 18.2 Å². The van der Waals surface area contributed by atoms with Crippen molar-refractivity contribution in [2.24, 2.45) is 5.92 Å². The van der Waals surface area contributed by atoms with Crippen LogP contribution in [0, 0.1) is 5.92 Å². The minimum absolute atomic E-state index is 0.166. The molecule has 0 saturated carbocycles. The Morgan fingerprint density at radius 3 is 2.46 bits per heavy atom. The average molecular weight is 412 g/mol. The summed E-state index contributed by atoms with van der Waals surface area (Å²) in [6.45, 7) is 5.63. The molecule has 2 aromatic rings. The summed E-state index contributed by atoms with van der Waals surface area (Å²) < 4.78 is 39.1. The Balaban J connectivity index is 2.18. The highest BCUT2D eigenvalue weighted by Crippen LogP contribution is 2.32. The largest absolute Gasteiger partial charge is 0.416 e. The molecule has 1 aromatic heterocycles. The van der Waals surface area contributed by atoms with E-state index in [0.717, 1.165) is 17.0 Å². The van der Waals surface area contributed by atoms with E-state index in [0.29, 0.717) is 23.4 Å². The van der Waals surface area contributed by atoms with Crippen molar-refractivity contribution in [3.05, 3.63) is 57.3 Å². The first kappa shape index (κ1) is 21.9. The molecule has 1 unspecified atom stereocenters. The third-order valence-corrected chi connectivity index (χ3v) is 5.11. The van der Waals surface area contributed by atoms with Gasteiger partial charge in [-0.3, -0.25) is 9.59 Å². The molecule has 152 valence electrons. The first-order chi connectivity index (χ1) is 13.1. The Labute approximate surface area is 166 Å². The summed E-state index contributed by atoms with van der Waals surface area (Å²) in [5.41, 5.74) is -0.311. The fourth-order valence-corrected chi connectivity index (χ4v) is 3.57. The number of amides is 2. The molecule has 0 aliphatic heterocycles.